The van der Waals surface area contributed by atoms with Crippen LogP contribution >= 0.6 is 0 Å². The molecule has 0 saturated carbocycles. The Balaban J connectivity index is 1.69. The van der Waals surface area contributed by atoms with Crippen LogP contribution in [0.4, 0.5) is 5.69 Å². The van der Waals surface area contributed by atoms with Crippen molar-refractivity contribution >= 4 is 22.5 Å². The number of aromatic nitrogens is 1. The summed E-state index contributed by atoms with van der Waals surface area (Å²) in [5.41, 5.74) is 3.69. The van der Waals surface area contributed by atoms with E-state index in [4.69, 9.17) is 0 Å². The lowest BCUT2D eigenvalue weighted by Crippen LogP contribution is -2.12. The van der Waals surface area contributed by atoms with E-state index in [1.54, 1.807) is 0 Å². The topological polar surface area (TPSA) is 85.4 Å². The fraction of sp³-hybridized carbons (Fsp3) is 0. The maximum atomic E-state index is 12.5. The highest BCUT2D eigenvalue weighted by atomic mass is 16.3. The molecule has 1 heterocycles. The zero-order valence-corrected chi connectivity index (χ0v) is 13.7. The van der Waals surface area contributed by atoms with Crippen molar-refractivity contribution in [3.63, 3.8) is 0 Å². The Morgan fingerprint density at radius 1 is 0.846 bits per heavy atom. The van der Waals surface area contributed by atoms with E-state index in [1.807, 2.05) is 54.6 Å². The van der Waals surface area contributed by atoms with Crippen LogP contribution in [-0.2, 0) is 0 Å². The van der Waals surface area contributed by atoms with Crippen LogP contribution in [0.25, 0.3) is 22.2 Å². The molecule has 26 heavy (non-hydrogen) atoms. The SMILES string of the molecule is O=C(Nc1ccccc1-c1cc2ccccc2[nH]1)c1ccc(O)c(O)c1. The van der Waals surface area contributed by atoms with Crippen LogP contribution in [0.5, 0.6) is 11.5 Å². The number of phenols is 2. The maximum absolute atomic E-state index is 12.5. The van der Waals surface area contributed by atoms with Crippen molar-refractivity contribution in [3.05, 3.63) is 78.4 Å². The second-order valence-electron chi connectivity index (χ2n) is 5.97. The number of carbonyl (C=O) groups is 1. The molecule has 0 aliphatic rings. The first kappa shape index (κ1) is 15.8. The van der Waals surface area contributed by atoms with Crippen LogP contribution in [0.3, 0.4) is 0 Å². The minimum absolute atomic E-state index is 0.256. The second-order valence-corrected chi connectivity index (χ2v) is 5.97. The molecule has 0 atom stereocenters. The van der Waals surface area contributed by atoms with Crippen LogP contribution in [0, 0.1) is 0 Å². The first-order valence-electron chi connectivity index (χ1n) is 8.12. The molecule has 1 amide bonds. The molecule has 1 aromatic heterocycles. The number of amides is 1. The van der Waals surface area contributed by atoms with Gasteiger partial charge in [-0.2, -0.15) is 0 Å². The van der Waals surface area contributed by atoms with Crippen LogP contribution in [0.2, 0.25) is 0 Å². The molecule has 3 aromatic carbocycles. The molecule has 4 rings (SSSR count). The summed E-state index contributed by atoms with van der Waals surface area (Å²) in [6.45, 7) is 0. The Bertz CT molecular complexity index is 1080. The van der Waals surface area contributed by atoms with Crippen molar-refractivity contribution in [2.45, 2.75) is 0 Å². The molecule has 0 fully saturated rings. The van der Waals surface area contributed by atoms with E-state index in [1.165, 1.54) is 18.2 Å². The highest BCUT2D eigenvalue weighted by Crippen LogP contribution is 2.31. The summed E-state index contributed by atoms with van der Waals surface area (Å²) in [7, 11) is 0. The van der Waals surface area contributed by atoms with Crippen molar-refractivity contribution < 1.29 is 15.0 Å². The number of hydrogen-bond donors (Lipinski definition) is 4. The fourth-order valence-corrected chi connectivity index (χ4v) is 2.90. The van der Waals surface area contributed by atoms with Crippen LogP contribution in [-0.4, -0.2) is 21.1 Å². The quantitative estimate of drug-likeness (QED) is 0.413. The summed E-state index contributed by atoms with van der Waals surface area (Å²) in [4.78, 5) is 15.9. The number of fused-ring (bicyclic) bond motifs is 1. The van der Waals surface area contributed by atoms with E-state index in [0.29, 0.717) is 5.69 Å². The molecular weight excluding hydrogens is 328 g/mol. The molecular formula is C21H16N2O3. The van der Waals surface area contributed by atoms with Gasteiger partial charge in [0, 0.05) is 27.7 Å². The molecule has 0 aliphatic heterocycles. The molecule has 0 bridgehead atoms. The normalized spacial score (nSPS) is 10.8. The number of nitrogens with one attached hydrogen (secondary N) is 2. The summed E-state index contributed by atoms with van der Waals surface area (Å²) >= 11 is 0. The Kier molecular flexibility index (Phi) is 3.82. The maximum Gasteiger partial charge on any atom is 0.255 e. The Labute approximate surface area is 149 Å². The first-order chi connectivity index (χ1) is 12.6. The highest BCUT2D eigenvalue weighted by Gasteiger charge is 2.13. The number of benzene rings is 3. The van der Waals surface area contributed by atoms with Crippen LogP contribution in [0.15, 0.2) is 72.8 Å². The van der Waals surface area contributed by atoms with Gasteiger partial charge in [0.2, 0.25) is 0 Å². The Morgan fingerprint density at radius 2 is 1.62 bits per heavy atom. The van der Waals surface area contributed by atoms with E-state index in [2.05, 4.69) is 10.3 Å². The standard InChI is InChI=1S/C21H16N2O3/c24-19-10-9-14(12-20(19)25)21(26)23-17-8-4-2-6-15(17)18-11-13-5-1-3-7-16(13)22-18/h1-12,22,24-25H,(H,23,26). The number of carbonyl (C=O) groups excluding carboxylic acids is 1. The number of para-hydroxylation sites is 2. The molecule has 128 valence electrons. The number of aromatic hydroxyl groups is 2. The third-order valence-electron chi connectivity index (χ3n) is 4.23. The highest BCUT2D eigenvalue weighted by molar-refractivity contribution is 6.06. The van der Waals surface area contributed by atoms with Crippen molar-refractivity contribution in [3.8, 4) is 22.8 Å². The molecule has 4 N–H and O–H groups in total. The van der Waals surface area contributed by atoms with Crippen LogP contribution < -0.4 is 5.32 Å². The van der Waals surface area contributed by atoms with Gasteiger partial charge < -0.3 is 20.5 Å². The number of anilines is 1. The van der Waals surface area contributed by atoms with E-state index in [9.17, 15) is 15.0 Å². The smallest absolute Gasteiger partial charge is 0.255 e. The van der Waals surface area contributed by atoms with Crippen LogP contribution in [0.1, 0.15) is 10.4 Å². The van der Waals surface area contributed by atoms with Gasteiger partial charge in [-0.05, 0) is 36.4 Å². The summed E-state index contributed by atoms with van der Waals surface area (Å²) in [6.07, 6.45) is 0. The van der Waals surface area contributed by atoms with Gasteiger partial charge in [0.1, 0.15) is 0 Å². The Morgan fingerprint density at radius 3 is 2.42 bits per heavy atom. The van der Waals surface area contributed by atoms with Crippen molar-refractivity contribution in [2.75, 3.05) is 5.32 Å². The fourth-order valence-electron chi connectivity index (χ4n) is 2.90. The minimum atomic E-state index is -0.371. The molecule has 0 spiro atoms. The predicted octanol–water partition coefficient (Wildman–Crippen LogP) is 4.50. The third kappa shape index (κ3) is 2.86. The molecule has 4 aromatic rings. The zero-order valence-electron chi connectivity index (χ0n) is 13.7. The van der Waals surface area contributed by atoms with Gasteiger partial charge in [0.05, 0.1) is 5.69 Å². The monoisotopic (exact) mass is 344 g/mol. The van der Waals surface area contributed by atoms with Gasteiger partial charge in [-0.25, -0.2) is 0 Å². The number of H-pyrrole nitrogens is 1. The second kappa shape index (κ2) is 6.29. The Hall–Kier alpha value is -3.73. The van der Waals surface area contributed by atoms with Gasteiger partial charge in [-0.3, -0.25) is 4.79 Å². The molecule has 0 radical (unpaired) electrons. The summed E-state index contributed by atoms with van der Waals surface area (Å²) in [5.74, 6) is -0.967. The molecule has 5 nitrogen and oxygen atoms in total. The van der Waals surface area contributed by atoms with Crippen molar-refractivity contribution in [2.24, 2.45) is 0 Å². The number of hydrogen-bond acceptors (Lipinski definition) is 3. The summed E-state index contributed by atoms with van der Waals surface area (Å²) in [5, 5.41) is 22.9. The zero-order chi connectivity index (χ0) is 18.1. The first-order valence-corrected chi connectivity index (χ1v) is 8.12. The molecule has 5 heteroatoms. The lowest BCUT2D eigenvalue weighted by molar-refractivity contribution is 0.102. The van der Waals surface area contributed by atoms with E-state index in [-0.39, 0.29) is 23.0 Å². The van der Waals surface area contributed by atoms with Gasteiger partial charge in [-0.1, -0.05) is 36.4 Å². The largest absolute Gasteiger partial charge is 0.504 e. The summed E-state index contributed by atoms with van der Waals surface area (Å²) in [6, 6.07) is 21.5. The molecule has 0 aliphatic carbocycles. The van der Waals surface area contributed by atoms with Crippen molar-refractivity contribution in [1.29, 1.82) is 0 Å². The average Bonchev–Trinajstić information content (AvgIpc) is 3.08. The van der Waals surface area contributed by atoms with Gasteiger partial charge in [-0.15, -0.1) is 0 Å². The number of aromatic amines is 1. The number of phenolic OH excluding ortho intramolecular Hbond substituents is 2. The lowest BCUT2D eigenvalue weighted by Gasteiger charge is -2.10. The molecule has 0 saturated heterocycles. The predicted molar refractivity (Wildman–Crippen MR) is 101 cm³/mol. The van der Waals surface area contributed by atoms with Crippen molar-refractivity contribution in [1.82, 2.24) is 4.98 Å². The third-order valence-corrected chi connectivity index (χ3v) is 4.23. The van der Waals surface area contributed by atoms with Gasteiger partial charge in [0.25, 0.3) is 5.91 Å². The number of rotatable bonds is 3. The lowest BCUT2D eigenvalue weighted by atomic mass is 10.1. The van der Waals surface area contributed by atoms with E-state index >= 15 is 0 Å². The average molecular weight is 344 g/mol. The van der Waals surface area contributed by atoms with Gasteiger partial charge >= 0.3 is 0 Å². The van der Waals surface area contributed by atoms with E-state index in [0.717, 1.165) is 22.2 Å². The summed E-state index contributed by atoms with van der Waals surface area (Å²) < 4.78 is 0. The van der Waals surface area contributed by atoms with E-state index < -0.39 is 0 Å². The molecule has 0 unspecified atom stereocenters. The van der Waals surface area contributed by atoms with Gasteiger partial charge in [0.15, 0.2) is 11.5 Å². The minimum Gasteiger partial charge on any atom is -0.504 e.